The smallest absolute Gasteiger partial charge is 0.234 e. The number of nitrogens with zero attached hydrogens (tertiary/aromatic N) is 2. The third-order valence-corrected chi connectivity index (χ3v) is 5.65. The third kappa shape index (κ3) is 3.25. The number of para-hydroxylation sites is 2. The van der Waals surface area contributed by atoms with Crippen LogP contribution >= 0.6 is 23.1 Å². The number of amides is 1. The number of carbonyl (C=O) groups is 1. The fraction of sp³-hybridized carbons (Fsp3) is 0.0556. The molecule has 0 saturated heterocycles. The van der Waals surface area contributed by atoms with Crippen molar-refractivity contribution in [2.45, 2.75) is 4.34 Å². The quantitative estimate of drug-likeness (QED) is 0.547. The molecular weight excluding hydrogens is 338 g/mol. The lowest BCUT2D eigenvalue weighted by atomic mass is 10.2. The first-order valence-corrected chi connectivity index (χ1v) is 9.21. The third-order valence-electron chi connectivity index (χ3n) is 3.48. The number of benzene rings is 2. The molecule has 6 heteroatoms. The number of nitrogens with one attached hydrogen (secondary N) is 1. The van der Waals surface area contributed by atoms with Gasteiger partial charge in [-0.2, -0.15) is 0 Å². The summed E-state index contributed by atoms with van der Waals surface area (Å²) in [5, 5.41) is 3.90. The van der Waals surface area contributed by atoms with E-state index in [4.69, 9.17) is 0 Å². The molecule has 0 fully saturated rings. The number of anilines is 1. The molecule has 2 aromatic carbocycles. The molecule has 0 unspecified atom stereocenters. The number of hydrogen-bond acceptors (Lipinski definition) is 5. The Kier molecular flexibility index (Phi) is 4.15. The molecule has 0 aliphatic heterocycles. The molecule has 1 N–H and O–H groups in total. The van der Waals surface area contributed by atoms with Gasteiger partial charge in [0.25, 0.3) is 0 Å². The molecule has 2 aromatic heterocycles. The van der Waals surface area contributed by atoms with Crippen molar-refractivity contribution in [3.8, 4) is 0 Å². The van der Waals surface area contributed by atoms with Crippen LogP contribution in [0.1, 0.15) is 0 Å². The van der Waals surface area contributed by atoms with E-state index < -0.39 is 0 Å². The molecule has 4 rings (SSSR count). The van der Waals surface area contributed by atoms with Crippen LogP contribution in [0.5, 0.6) is 0 Å². The van der Waals surface area contributed by atoms with Gasteiger partial charge in [0, 0.05) is 5.39 Å². The van der Waals surface area contributed by atoms with Crippen molar-refractivity contribution in [3.63, 3.8) is 0 Å². The van der Waals surface area contributed by atoms with Crippen molar-refractivity contribution < 1.29 is 4.79 Å². The van der Waals surface area contributed by atoms with E-state index in [1.54, 1.807) is 17.5 Å². The normalized spacial score (nSPS) is 11.0. The molecule has 0 aliphatic rings. The summed E-state index contributed by atoms with van der Waals surface area (Å²) in [6.07, 6.45) is 1.68. The fourth-order valence-corrected chi connectivity index (χ4v) is 4.24. The number of carbonyl (C=O) groups excluding carboxylic acids is 1. The molecule has 0 spiro atoms. The van der Waals surface area contributed by atoms with E-state index in [9.17, 15) is 4.79 Å². The molecule has 4 nitrogen and oxygen atoms in total. The van der Waals surface area contributed by atoms with Gasteiger partial charge in [0.1, 0.15) is 0 Å². The fourth-order valence-electron chi connectivity index (χ4n) is 2.38. The highest BCUT2D eigenvalue weighted by molar-refractivity contribution is 8.01. The second kappa shape index (κ2) is 6.59. The lowest BCUT2D eigenvalue weighted by Gasteiger charge is -2.05. The van der Waals surface area contributed by atoms with E-state index in [0.717, 1.165) is 25.5 Å². The van der Waals surface area contributed by atoms with Gasteiger partial charge in [-0.25, -0.2) is 4.98 Å². The van der Waals surface area contributed by atoms with Crippen LogP contribution in [0.15, 0.2) is 65.1 Å². The van der Waals surface area contributed by atoms with Gasteiger partial charge >= 0.3 is 0 Å². The highest BCUT2D eigenvalue weighted by atomic mass is 32.2. The Morgan fingerprint density at radius 3 is 2.75 bits per heavy atom. The maximum absolute atomic E-state index is 12.2. The Hall–Kier alpha value is -2.44. The van der Waals surface area contributed by atoms with Gasteiger partial charge in [-0.3, -0.25) is 9.78 Å². The zero-order chi connectivity index (χ0) is 16.4. The largest absolute Gasteiger partial charge is 0.324 e. The van der Waals surface area contributed by atoms with Crippen molar-refractivity contribution in [1.29, 1.82) is 0 Å². The maximum Gasteiger partial charge on any atom is 0.234 e. The minimum Gasteiger partial charge on any atom is -0.324 e. The van der Waals surface area contributed by atoms with E-state index in [2.05, 4.69) is 15.3 Å². The molecule has 2 heterocycles. The van der Waals surface area contributed by atoms with Crippen LogP contribution in [-0.4, -0.2) is 21.6 Å². The van der Waals surface area contributed by atoms with Crippen LogP contribution < -0.4 is 5.32 Å². The van der Waals surface area contributed by atoms with E-state index in [0.29, 0.717) is 11.4 Å². The lowest BCUT2D eigenvalue weighted by Crippen LogP contribution is -2.14. The number of pyridine rings is 1. The van der Waals surface area contributed by atoms with Crippen LogP contribution in [-0.2, 0) is 4.79 Å². The predicted molar refractivity (Wildman–Crippen MR) is 101 cm³/mol. The van der Waals surface area contributed by atoms with Gasteiger partial charge in [0.2, 0.25) is 5.91 Å². The molecule has 0 aliphatic carbocycles. The van der Waals surface area contributed by atoms with Crippen LogP contribution in [0.3, 0.4) is 0 Å². The topological polar surface area (TPSA) is 54.9 Å². The summed E-state index contributed by atoms with van der Waals surface area (Å²) in [6.45, 7) is 0. The number of aromatic nitrogens is 2. The van der Waals surface area contributed by atoms with E-state index in [1.807, 2.05) is 54.6 Å². The maximum atomic E-state index is 12.2. The first kappa shape index (κ1) is 15.1. The van der Waals surface area contributed by atoms with Crippen LogP contribution in [0.4, 0.5) is 5.69 Å². The van der Waals surface area contributed by atoms with Gasteiger partial charge in [0.15, 0.2) is 4.34 Å². The Bertz CT molecular complexity index is 996. The number of rotatable bonds is 4. The Labute approximate surface area is 146 Å². The average molecular weight is 351 g/mol. The summed E-state index contributed by atoms with van der Waals surface area (Å²) in [5.41, 5.74) is 2.60. The van der Waals surface area contributed by atoms with Gasteiger partial charge in [-0.05, 0) is 24.3 Å². The van der Waals surface area contributed by atoms with Gasteiger partial charge in [-0.1, -0.05) is 42.1 Å². The van der Waals surface area contributed by atoms with Gasteiger partial charge < -0.3 is 5.32 Å². The van der Waals surface area contributed by atoms with Crippen LogP contribution in [0.25, 0.3) is 21.1 Å². The Morgan fingerprint density at radius 2 is 1.88 bits per heavy atom. The van der Waals surface area contributed by atoms with E-state index in [-0.39, 0.29) is 5.91 Å². The summed E-state index contributed by atoms with van der Waals surface area (Å²) in [4.78, 5) is 21.0. The van der Waals surface area contributed by atoms with E-state index in [1.165, 1.54) is 11.8 Å². The van der Waals surface area contributed by atoms with Crippen molar-refractivity contribution in [2.24, 2.45) is 0 Å². The molecule has 118 valence electrons. The molecular formula is C18H13N3OS2. The van der Waals surface area contributed by atoms with Crippen molar-refractivity contribution in [3.05, 3.63) is 60.8 Å². The van der Waals surface area contributed by atoms with Crippen LogP contribution in [0, 0.1) is 0 Å². The Morgan fingerprint density at radius 1 is 1.08 bits per heavy atom. The molecule has 0 atom stereocenters. The minimum absolute atomic E-state index is 0.0589. The van der Waals surface area contributed by atoms with E-state index >= 15 is 0 Å². The zero-order valence-electron chi connectivity index (χ0n) is 12.6. The van der Waals surface area contributed by atoms with Gasteiger partial charge in [0.05, 0.1) is 33.4 Å². The molecule has 0 radical (unpaired) electrons. The molecule has 4 aromatic rings. The molecule has 0 saturated carbocycles. The summed E-state index contributed by atoms with van der Waals surface area (Å²) >= 11 is 3.06. The summed E-state index contributed by atoms with van der Waals surface area (Å²) < 4.78 is 2.04. The van der Waals surface area contributed by atoms with Crippen molar-refractivity contribution in [2.75, 3.05) is 11.1 Å². The predicted octanol–water partition coefficient (Wildman–Crippen LogP) is 4.58. The first-order valence-electron chi connectivity index (χ1n) is 7.41. The molecule has 1 amide bonds. The van der Waals surface area contributed by atoms with Crippen molar-refractivity contribution >= 4 is 55.8 Å². The first-order chi connectivity index (χ1) is 11.8. The summed E-state index contributed by atoms with van der Waals surface area (Å²) in [7, 11) is 0. The summed E-state index contributed by atoms with van der Waals surface area (Å²) in [6, 6.07) is 17.8. The van der Waals surface area contributed by atoms with Crippen LogP contribution in [0.2, 0.25) is 0 Å². The monoisotopic (exact) mass is 351 g/mol. The number of hydrogen-bond donors (Lipinski definition) is 1. The second-order valence-corrected chi connectivity index (χ2v) is 7.45. The standard InChI is InChI=1S/C18H13N3OS2/c22-17(11-23-18-21-15-7-3-4-8-16(15)24-18)20-13-9-12-5-1-2-6-14(12)19-10-13/h1-10H,11H2,(H,20,22). The van der Waals surface area contributed by atoms with Crippen molar-refractivity contribution in [1.82, 2.24) is 9.97 Å². The lowest BCUT2D eigenvalue weighted by molar-refractivity contribution is -0.113. The SMILES string of the molecule is O=C(CSc1nc2ccccc2s1)Nc1cnc2ccccc2c1. The highest BCUT2D eigenvalue weighted by Gasteiger charge is 2.08. The summed E-state index contributed by atoms with van der Waals surface area (Å²) in [5.74, 6) is 0.267. The number of fused-ring (bicyclic) bond motifs is 2. The average Bonchev–Trinajstić information content (AvgIpc) is 3.03. The Balaban J connectivity index is 1.42. The zero-order valence-corrected chi connectivity index (χ0v) is 14.2. The second-order valence-electron chi connectivity index (χ2n) is 5.20. The highest BCUT2D eigenvalue weighted by Crippen LogP contribution is 2.29. The molecule has 24 heavy (non-hydrogen) atoms. The minimum atomic E-state index is -0.0589. The van der Waals surface area contributed by atoms with Gasteiger partial charge in [-0.15, -0.1) is 11.3 Å². The number of thiazole rings is 1. The molecule has 0 bridgehead atoms. The number of thioether (sulfide) groups is 1.